The van der Waals surface area contributed by atoms with Crippen molar-refractivity contribution in [3.8, 4) is 0 Å². The highest BCUT2D eigenvalue weighted by molar-refractivity contribution is 7.89. The van der Waals surface area contributed by atoms with Crippen LogP contribution in [0.1, 0.15) is 12.8 Å². The number of nitrogens with zero attached hydrogens (tertiary/aromatic N) is 1. The third-order valence-corrected chi connectivity index (χ3v) is 6.82. The number of rotatable bonds is 4. The molecule has 0 atom stereocenters. The number of hydrogen-bond donors (Lipinski definition) is 3. The van der Waals surface area contributed by atoms with Crippen LogP contribution < -0.4 is 15.8 Å². The predicted octanol–water partition coefficient (Wildman–Crippen LogP) is -1.08. The van der Waals surface area contributed by atoms with Crippen molar-refractivity contribution in [2.24, 2.45) is 0 Å². The van der Waals surface area contributed by atoms with E-state index in [0.717, 1.165) is 6.26 Å². The first-order valence-electron chi connectivity index (χ1n) is 7.80. The van der Waals surface area contributed by atoms with Crippen LogP contribution in [0.2, 0.25) is 0 Å². The zero-order chi connectivity index (χ0) is 19.1. The zero-order valence-electron chi connectivity index (χ0n) is 13.9. The number of aromatic nitrogens is 2. The van der Waals surface area contributed by atoms with Crippen LogP contribution in [0.5, 0.6) is 0 Å². The first-order valence-corrected chi connectivity index (χ1v) is 11.1. The summed E-state index contributed by atoms with van der Waals surface area (Å²) in [6.45, 7) is 0.353. The molecule has 2 heterocycles. The Hall–Kier alpha value is -2.02. The fourth-order valence-electron chi connectivity index (χ4n) is 2.92. The molecule has 1 aromatic carbocycles. The van der Waals surface area contributed by atoms with Crippen molar-refractivity contribution >= 4 is 31.1 Å². The number of benzene rings is 1. The SMILES string of the molecule is CS(=O)(=O)NC1CCN(S(=O)(=O)c2ccc3[nH]c(=O)c(=O)[nH]c3c2)CC1. The number of hydrogen-bond acceptors (Lipinski definition) is 6. The average Bonchev–Trinajstić information content (AvgIpc) is 2.54. The first-order chi connectivity index (χ1) is 12.1. The molecule has 0 amide bonds. The number of sulfonamides is 2. The van der Waals surface area contributed by atoms with Crippen LogP contribution in [0.4, 0.5) is 0 Å². The molecular weight excluding hydrogens is 384 g/mol. The third-order valence-electron chi connectivity index (χ3n) is 4.17. The minimum atomic E-state index is -3.80. The molecule has 142 valence electrons. The van der Waals surface area contributed by atoms with Crippen LogP contribution in [0.15, 0.2) is 32.7 Å². The molecule has 12 heteroatoms. The van der Waals surface area contributed by atoms with E-state index in [-0.39, 0.29) is 29.5 Å². The Morgan fingerprint density at radius 3 is 2.15 bits per heavy atom. The van der Waals surface area contributed by atoms with E-state index < -0.39 is 31.2 Å². The lowest BCUT2D eigenvalue weighted by Gasteiger charge is -2.31. The van der Waals surface area contributed by atoms with Gasteiger partial charge < -0.3 is 9.97 Å². The number of H-pyrrole nitrogens is 2. The summed E-state index contributed by atoms with van der Waals surface area (Å²) in [7, 11) is -7.14. The van der Waals surface area contributed by atoms with Crippen molar-refractivity contribution in [3.05, 3.63) is 38.9 Å². The number of fused-ring (bicyclic) bond motifs is 1. The van der Waals surface area contributed by atoms with E-state index in [4.69, 9.17) is 0 Å². The standard InChI is InChI=1S/C14H18N4O6S2/c1-25(21,22)17-9-4-6-18(7-5-9)26(23,24)10-2-3-11-12(8-10)16-14(20)13(19)15-11/h2-3,8-9,17H,4-7H2,1H3,(H,15,19)(H,16,20). The summed E-state index contributed by atoms with van der Waals surface area (Å²) in [5.74, 6) is 0. The second-order valence-corrected chi connectivity index (χ2v) is 9.90. The van der Waals surface area contributed by atoms with Gasteiger partial charge >= 0.3 is 11.1 Å². The van der Waals surface area contributed by atoms with Crippen molar-refractivity contribution in [3.63, 3.8) is 0 Å². The van der Waals surface area contributed by atoms with E-state index >= 15 is 0 Å². The maximum atomic E-state index is 12.8. The first kappa shape index (κ1) is 18.8. The lowest BCUT2D eigenvalue weighted by atomic mass is 10.1. The molecule has 0 saturated carbocycles. The highest BCUT2D eigenvalue weighted by atomic mass is 32.2. The van der Waals surface area contributed by atoms with E-state index in [2.05, 4.69) is 14.7 Å². The molecule has 3 N–H and O–H groups in total. The summed E-state index contributed by atoms with van der Waals surface area (Å²) >= 11 is 0. The number of aromatic amines is 2. The Balaban J connectivity index is 1.85. The summed E-state index contributed by atoms with van der Waals surface area (Å²) in [5.41, 5.74) is -1.14. The van der Waals surface area contributed by atoms with Gasteiger partial charge in [0.25, 0.3) is 0 Å². The van der Waals surface area contributed by atoms with E-state index in [1.165, 1.54) is 22.5 Å². The summed E-state index contributed by atoms with van der Waals surface area (Å²) in [4.78, 5) is 27.5. The topological polar surface area (TPSA) is 149 Å². The van der Waals surface area contributed by atoms with Gasteiger partial charge in [0.2, 0.25) is 20.0 Å². The van der Waals surface area contributed by atoms with Gasteiger partial charge in [0.15, 0.2) is 0 Å². The van der Waals surface area contributed by atoms with Gasteiger partial charge in [-0.2, -0.15) is 4.31 Å². The van der Waals surface area contributed by atoms with Crippen LogP contribution in [0.25, 0.3) is 11.0 Å². The van der Waals surface area contributed by atoms with Crippen molar-refractivity contribution < 1.29 is 16.8 Å². The van der Waals surface area contributed by atoms with Crippen molar-refractivity contribution in [2.75, 3.05) is 19.3 Å². The van der Waals surface area contributed by atoms with Crippen LogP contribution in [0, 0.1) is 0 Å². The van der Waals surface area contributed by atoms with Gasteiger partial charge in [0.1, 0.15) is 0 Å². The Kier molecular flexibility index (Phi) is 4.77. The predicted molar refractivity (Wildman–Crippen MR) is 94.9 cm³/mol. The molecule has 1 aliphatic heterocycles. The molecule has 1 saturated heterocycles. The van der Waals surface area contributed by atoms with Gasteiger partial charge in [-0.3, -0.25) is 9.59 Å². The molecule has 0 spiro atoms. The molecule has 3 rings (SSSR count). The van der Waals surface area contributed by atoms with Crippen LogP contribution >= 0.6 is 0 Å². The fourth-order valence-corrected chi connectivity index (χ4v) is 5.26. The molecule has 2 aromatic rings. The second kappa shape index (κ2) is 6.61. The third kappa shape index (κ3) is 3.87. The second-order valence-electron chi connectivity index (χ2n) is 6.18. The molecule has 0 unspecified atom stereocenters. The molecule has 0 radical (unpaired) electrons. The monoisotopic (exact) mass is 402 g/mol. The maximum absolute atomic E-state index is 12.8. The molecule has 26 heavy (non-hydrogen) atoms. The molecule has 1 aliphatic rings. The molecular formula is C14H18N4O6S2. The largest absolute Gasteiger partial charge is 0.316 e. The van der Waals surface area contributed by atoms with E-state index in [9.17, 15) is 26.4 Å². The summed E-state index contributed by atoms with van der Waals surface area (Å²) in [5, 5.41) is 0. The number of piperidine rings is 1. The smallest absolute Gasteiger partial charge is 0.314 e. The molecule has 0 aliphatic carbocycles. The highest BCUT2D eigenvalue weighted by Crippen LogP contribution is 2.22. The van der Waals surface area contributed by atoms with Crippen molar-refractivity contribution in [2.45, 2.75) is 23.8 Å². The van der Waals surface area contributed by atoms with Crippen LogP contribution in [-0.2, 0) is 20.0 Å². The summed E-state index contributed by atoms with van der Waals surface area (Å²) < 4.78 is 51.9. The normalized spacial score (nSPS) is 17.6. The number of nitrogens with one attached hydrogen (secondary N) is 3. The minimum absolute atomic E-state index is 0.0118. The van der Waals surface area contributed by atoms with Gasteiger partial charge in [-0.25, -0.2) is 21.6 Å². The summed E-state index contributed by atoms with van der Waals surface area (Å²) in [6, 6.07) is 3.77. The average molecular weight is 402 g/mol. The lowest BCUT2D eigenvalue weighted by Crippen LogP contribution is -2.46. The summed E-state index contributed by atoms with van der Waals surface area (Å²) in [6.07, 6.45) is 1.80. The maximum Gasteiger partial charge on any atom is 0.314 e. The van der Waals surface area contributed by atoms with E-state index in [0.29, 0.717) is 18.4 Å². The highest BCUT2D eigenvalue weighted by Gasteiger charge is 2.30. The minimum Gasteiger partial charge on any atom is -0.316 e. The van der Waals surface area contributed by atoms with E-state index in [1.807, 2.05) is 0 Å². The Morgan fingerprint density at radius 2 is 1.58 bits per heavy atom. The van der Waals surface area contributed by atoms with Crippen LogP contribution in [-0.4, -0.2) is 56.5 Å². The Labute approximate surface area is 149 Å². The zero-order valence-corrected chi connectivity index (χ0v) is 15.5. The molecule has 1 fully saturated rings. The van der Waals surface area contributed by atoms with Gasteiger partial charge in [0.05, 0.1) is 22.2 Å². The molecule has 10 nitrogen and oxygen atoms in total. The Morgan fingerprint density at radius 1 is 1.00 bits per heavy atom. The van der Waals surface area contributed by atoms with Gasteiger partial charge in [-0.05, 0) is 31.0 Å². The fraction of sp³-hybridized carbons (Fsp3) is 0.429. The van der Waals surface area contributed by atoms with Crippen molar-refractivity contribution in [1.29, 1.82) is 0 Å². The van der Waals surface area contributed by atoms with Crippen LogP contribution in [0.3, 0.4) is 0 Å². The van der Waals surface area contributed by atoms with Crippen molar-refractivity contribution in [1.82, 2.24) is 19.0 Å². The van der Waals surface area contributed by atoms with E-state index in [1.54, 1.807) is 0 Å². The van der Waals surface area contributed by atoms with Gasteiger partial charge in [0, 0.05) is 19.1 Å². The quantitative estimate of drug-likeness (QED) is 0.554. The van der Waals surface area contributed by atoms with Gasteiger partial charge in [-0.1, -0.05) is 0 Å². The van der Waals surface area contributed by atoms with Gasteiger partial charge in [-0.15, -0.1) is 0 Å². The molecule has 0 bridgehead atoms. The molecule has 1 aromatic heterocycles. The lowest BCUT2D eigenvalue weighted by molar-refractivity contribution is 0.309. The Bertz CT molecular complexity index is 1160.